The summed E-state index contributed by atoms with van der Waals surface area (Å²) in [5, 5.41) is 5.06. The van der Waals surface area contributed by atoms with Gasteiger partial charge in [0.15, 0.2) is 0 Å². The molecule has 10 aromatic rings. The standard InChI is InChI=1S/C59H43N/c1-59(2)52-27-15-29-55(58(52)57-51-24-10-9-20-43(51)36-39-53(57)59)60(54-28-12-11-23-48(54)44-32-30-41(31-33-44)40-16-5-3-6-17-40)47-37-34-45(35-38-47)50-26-14-22-46-21-13-25-49(56(46)50)42-18-7-4-8-19-42/h3-39H,1-2H3. The molecule has 0 amide bonds. The molecule has 0 fully saturated rings. The smallest absolute Gasteiger partial charge is 0.0543 e. The summed E-state index contributed by atoms with van der Waals surface area (Å²) in [4.78, 5) is 2.51. The van der Waals surface area contributed by atoms with Crippen molar-refractivity contribution < 1.29 is 0 Å². The third kappa shape index (κ3) is 5.85. The number of anilines is 3. The van der Waals surface area contributed by atoms with Crippen molar-refractivity contribution in [2.24, 2.45) is 0 Å². The summed E-state index contributed by atoms with van der Waals surface area (Å²) in [7, 11) is 0. The average Bonchev–Trinajstić information content (AvgIpc) is 3.56. The maximum absolute atomic E-state index is 2.51. The Kier molecular flexibility index (Phi) is 8.57. The summed E-state index contributed by atoms with van der Waals surface area (Å²) >= 11 is 0. The number of para-hydroxylation sites is 1. The van der Waals surface area contributed by atoms with Crippen LogP contribution in [0.1, 0.15) is 25.0 Å². The predicted molar refractivity (Wildman–Crippen MR) is 255 cm³/mol. The van der Waals surface area contributed by atoms with Crippen LogP contribution < -0.4 is 4.90 Å². The van der Waals surface area contributed by atoms with Crippen molar-refractivity contribution in [3.63, 3.8) is 0 Å². The van der Waals surface area contributed by atoms with Crippen LogP contribution in [0.2, 0.25) is 0 Å². The van der Waals surface area contributed by atoms with Gasteiger partial charge in [0.1, 0.15) is 0 Å². The molecule has 0 unspecified atom stereocenters. The molecule has 11 rings (SSSR count). The van der Waals surface area contributed by atoms with Gasteiger partial charge in [-0.3, -0.25) is 0 Å². The van der Waals surface area contributed by atoms with Gasteiger partial charge < -0.3 is 4.90 Å². The average molecular weight is 766 g/mol. The number of rotatable bonds is 7. The van der Waals surface area contributed by atoms with E-state index in [1.807, 2.05) is 0 Å². The Morgan fingerprint density at radius 2 is 0.800 bits per heavy atom. The molecule has 60 heavy (non-hydrogen) atoms. The highest BCUT2D eigenvalue weighted by atomic mass is 15.1. The van der Waals surface area contributed by atoms with Crippen LogP contribution in [-0.2, 0) is 5.41 Å². The quantitative estimate of drug-likeness (QED) is 0.156. The molecule has 284 valence electrons. The number of benzene rings is 10. The number of hydrogen-bond acceptors (Lipinski definition) is 1. The highest BCUT2D eigenvalue weighted by molar-refractivity contribution is 6.09. The van der Waals surface area contributed by atoms with Gasteiger partial charge in [0, 0.05) is 22.2 Å². The van der Waals surface area contributed by atoms with E-state index in [0.29, 0.717) is 0 Å². The molecule has 0 atom stereocenters. The normalized spacial score (nSPS) is 12.6. The van der Waals surface area contributed by atoms with E-state index in [9.17, 15) is 0 Å². The number of hydrogen-bond donors (Lipinski definition) is 0. The Morgan fingerprint density at radius 3 is 1.53 bits per heavy atom. The molecule has 1 aliphatic rings. The van der Waals surface area contributed by atoms with Crippen molar-refractivity contribution in [2.75, 3.05) is 4.90 Å². The maximum atomic E-state index is 2.51. The topological polar surface area (TPSA) is 3.24 Å². The van der Waals surface area contributed by atoms with Gasteiger partial charge in [-0.05, 0) is 101 Å². The van der Waals surface area contributed by atoms with E-state index in [1.165, 1.54) is 94.0 Å². The van der Waals surface area contributed by atoms with Gasteiger partial charge in [0.05, 0.1) is 11.4 Å². The molecule has 0 heterocycles. The first-order valence-electron chi connectivity index (χ1n) is 20.9. The Balaban J connectivity index is 1.12. The molecule has 1 aliphatic carbocycles. The number of fused-ring (bicyclic) bond motifs is 6. The van der Waals surface area contributed by atoms with Crippen LogP contribution in [0.3, 0.4) is 0 Å². The highest BCUT2D eigenvalue weighted by Crippen LogP contribution is 2.57. The Hall–Kier alpha value is -7.48. The minimum Gasteiger partial charge on any atom is -0.309 e. The maximum Gasteiger partial charge on any atom is 0.0543 e. The molecular formula is C59H43N. The van der Waals surface area contributed by atoms with E-state index in [-0.39, 0.29) is 5.41 Å². The van der Waals surface area contributed by atoms with E-state index in [1.54, 1.807) is 0 Å². The first-order valence-corrected chi connectivity index (χ1v) is 20.9. The van der Waals surface area contributed by atoms with Gasteiger partial charge >= 0.3 is 0 Å². The van der Waals surface area contributed by atoms with E-state index in [0.717, 1.165) is 11.4 Å². The molecule has 0 spiro atoms. The van der Waals surface area contributed by atoms with Crippen LogP contribution in [0.4, 0.5) is 17.1 Å². The number of nitrogens with zero attached hydrogens (tertiary/aromatic N) is 1. The van der Waals surface area contributed by atoms with Gasteiger partial charge in [-0.2, -0.15) is 0 Å². The van der Waals surface area contributed by atoms with Crippen LogP contribution in [0, 0.1) is 0 Å². The summed E-state index contributed by atoms with van der Waals surface area (Å²) in [6, 6.07) is 82.3. The van der Waals surface area contributed by atoms with E-state index < -0.39 is 0 Å². The lowest BCUT2D eigenvalue weighted by atomic mass is 9.82. The molecule has 1 heteroatoms. The lowest BCUT2D eigenvalue weighted by molar-refractivity contribution is 0.661. The lowest BCUT2D eigenvalue weighted by Gasteiger charge is -2.31. The summed E-state index contributed by atoms with van der Waals surface area (Å²) < 4.78 is 0. The third-order valence-electron chi connectivity index (χ3n) is 12.7. The lowest BCUT2D eigenvalue weighted by Crippen LogP contribution is -2.16. The summed E-state index contributed by atoms with van der Waals surface area (Å²) in [5.41, 5.74) is 18.3. The van der Waals surface area contributed by atoms with Crippen molar-refractivity contribution in [1.82, 2.24) is 0 Å². The molecule has 0 aliphatic heterocycles. The zero-order valence-electron chi connectivity index (χ0n) is 33.8. The van der Waals surface area contributed by atoms with Gasteiger partial charge in [0.25, 0.3) is 0 Å². The molecule has 0 aromatic heterocycles. The Morgan fingerprint density at radius 1 is 0.317 bits per heavy atom. The monoisotopic (exact) mass is 765 g/mol. The second-order valence-corrected chi connectivity index (χ2v) is 16.5. The van der Waals surface area contributed by atoms with Crippen LogP contribution in [0.15, 0.2) is 224 Å². The molecular weight excluding hydrogens is 723 g/mol. The van der Waals surface area contributed by atoms with Gasteiger partial charge in [-0.1, -0.05) is 214 Å². The Bertz CT molecular complexity index is 3190. The van der Waals surface area contributed by atoms with Crippen LogP contribution in [0.25, 0.3) is 77.2 Å². The van der Waals surface area contributed by atoms with Crippen LogP contribution in [0.5, 0.6) is 0 Å². The molecule has 0 N–H and O–H groups in total. The fourth-order valence-electron chi connectivity index (χ4n) is 9.74. The first-order chi connectivity index (χ1) is 29.5. The first kappa shape index (κ1) is 35.7. The minimum atomic E-state index is -0.169. The second kappa shape index (κ2) is 14.4. The molecule has 0 saturated carbocycles. The molecule has 10 aromatic carbocycles. The summed E-state index contributed by atoms with van der Waals surface area (Å²) in [6.45, 7) is 4.76. The summed E-state index contributed by atoms with van der Waals surface area (Å²) in [6.07, 6.45) is 0. The highest BCUT2D eigenvalue weighted by Gasteiger charge is 2.39. The van der Waals surface area contributed by atoms with Gasteiger partial charge in [-0.25, -0.2) is 0 Å². The van der Waals surface area contributed by atoms with E-state index in [2.05, 4.69) is 243 Å². The fraction of sp³-hybridized carbons (Fsp3) is 0.0508. The van der Waals surface area contributed by atoms with Crippen molar-refractivity contribution in [1.29, 1.82) is 0 Å². The Labute approximate surface area is 352 Å². The molecule has 1 nitrogen and oxygen atoms in total. The summed E-state index contributed by atoms with van der Waals surface area (Å²) in [5.74, 6) is 0. The SMILES string of the molecule is CC1(C)c2cccc(N(c3ccc(-c4cccc5cccc(-c6ccccc6)c45)cc3)c3ccccc3-c3ccc(-c4ccccc4)cc3)c2-c2c1ccc1ccccc21. The predicted octanol–water partition coefficient (Wildman–Crippen LogP) is 16.4. The third-order valence-corrected chi connectivity index (χ3v) is 12.7. The van der Waals surface area contributed by atoms with Gasteiger partial charge in [0.2, 0.25) is 0 Å². The van der Waals surface area contributed by atoms with Crippen molar-refractivity contribution in [3.05, 3.63) is 236 Å². The van der Waals surface area contributed by atoms with Crippen molar-refractivity contribution in [2.45, 2.75) is 19.3 Å². The van der Waals surface area contributed by atoms with E-state index in [4.69, 9.17) is 0 Å². The van der Waals surface area contributed by atoms with Crippen LogP contribution >= 0.6 is 0 Å². The molecule has 0 saturated heterocycles. The van der Waals surface area contributed by atoms with Crippen LogP contribution in [-0.4, -0.2) is 0 Å². The zero-order valence-corrected chi connectivity index (χ0v) is 33.8. The zero-order chi connectivity index (χ0) is 40.2. The van der Waals surface area contributed by atoms with Crippen molar-refractivity contribution in [3.8, 4) is 55.6 Å². The van der Waals surface area contributed by atoms with Crippen molar-refractivity contribution >= 4 is 38.6 Å². The largest absolute Gasteiger partial charge is 0.309 e. The fourth-order valence-corrected chi connectivity index (χ4v) is 9.74. The van der Waals surface area contributed by atoms with Gasteiger partial charge in [-0.15, -0.1) is 0 Å². The molecule has 0 bridgehead atoms. The van der Waals surface area contributed by atoms with E-state index >= 15 is 0 Å². The molecule has 0 radical (unpaired) electrons. The second-order valence-electron chi connectivity index (χ2n) is 16.5. The minimum absolute atomic E-state index is 0.169.